The van der Waals surface area contributed by atoms with E-state index < -0.39 is 0 Å². The molecule has 0 bridgehead atoms. The van der Waals surface area contributed by atoms with Crippen LogP contribution in [0, 0.1) is 6.92 Å². The minimum Gasteiger partial charge on any atom is -0.360 e. The van der Waals surface area contributed by atoms with Crippen LogP contribution in [0.4, 0.5) is 0 Å². The van der Waals surface area contributed by atoms with Gasteiger partial charge in [-0.25, -0.2) is 0 Å². The molecule has 0 aliphatic carbocycles. The van der Waals surface area contributed by atoms with E-state index in [1.54, 1.807) is 6.20 Å². The predicted octanol–water partition coefficient (Wildman–Crippen LogP) is 1.71. The van der Waals surface area contributed by atoms with Crippen molar-refractivity contribution in [2.24, 2.45) is 0 Å². The number of rotatable bonds is 1. The third kappa shape index (κ3) is 1.05. The number of hydrogen-bond donors (Lipinski definition) is 2. The Balaban J connectivity index is 2.45. The van der Waals surface area contributed by atoms with Gasteiger partial charge in [0.05, 0.1) is 11.4 Å². The Bertz CT molecular complexity index is 332. The molecule has 0 saturated heterocycles. The summed E-state index contributed by atoms with van der Waals surface area (Å²) in [6.45, 7) is 2.05. The standard InChI is InChI=1S/C8H9N3/c1-6-4-8(9-5-6)7-2-3-10-11-7/h2-5,9H,1H3,(H,10,11). The van der Waals surface area contributed by atoms with Crippen molar-refractivity contribution in [3.63, 3.8) is 0 Å². The average molecular weight is 147 g/mol. The number of nitrogens with zero attached hydrogens (tertiary/aromatic N) is 1. The van der Waals surface area contributed by atoms with Crippen LogP contribution in [0.2, 0.25) is 0 Å². The normalized spacial score (nSPS) is 10.3. The zero-order valence-electron chi connectivity index (χ0n) is 6.26. The molecule has 0 unspecified atom stereocenters. The number of aromatic nitrogens is 3. The van der Waals surface area contributed by atoms with Gasteiger partial charge in [0.2, 0.25) is 0 Å². The van der Waals surface area contributed by atoms with Crippen LogP contribution in [-0.2, 0) is 0 Å². The summed E-state index contributed by atoms with van der Waals surface area (Å²) in [4.78, 5) is 3.14. The Morgan fingerprint density at radius 3 is 2.82 bits per heavy atom. The first kappa shape index (κ1) is 6.22. The van der Waals surface area contributed by atoms with Crippen LogP contribution in [0.15, 0.2) is 24.5 Å². The number of aryl methyl sites for hydroxylation is 1. The molecular weight excluding hydrogens is 138 g/mol. The van der Waals surface area contributed by atoms with Crippen molar-refractivity contribution in [3.8, 4) is 11.4 Å². The van der Waals surface area contributed by atoms with Crippen molar-refractivity contribution < 1.29 is 0 Å². The summed E-state index contributed by atoms with van der Waals surface area (Å²) in [5.41, 5.74) is 3.34. The zero-order valence-corrected chi connectivity index (χ0v) is 6.26. The minimum absolute atomic E-state index is 1.03. The molecule has 3 heteroatoms. The Hall–Kier alpha value is -1.51. The quantitative estimate of drug-likeness (QED) is 0.633. The molecule has 2 aromatic heterocycles. The number of nitrogens with one attached hydrogen (secondary N) is 2. The second kappa shape index (κ2) is 2.27. The Labute approximate surface area is 64.5 Å². The summed E-state index contributed by atoms with van der Waals surface area (Å²) in [5, 5.41) is 6.75. The lowest BCUT2D eigenvalue weighted by Crippen LogP contribution is -1.75. The Kier molecular flexibility index (Phi) is 1.28. The van der Waals surface area contributed by atoms with Gasteiger partial charge in [0.25, 0.3) is 0 Å². The molecule has 0 radical (unpaired) electrons. The van der Waals surface area contributed by atoms with Gasteiger partial charge in [-0.2, -0.15) is 5.10 Å². The molecule has 56 valence electrons. The summed E-state index contributed by atoms with van der Waals surface area (Å²) in [7, 11) is 0. The summed E-state index contributed by atoms with van der Waals surface area (Å²) < 4.78 is 0. The highest BCUT2D eigenvalue weighted by Crippen LogP contribution is 2.14. The third-order valence-corrected chi connectivity index (χ3v) is 1.62. The second-order valence-electron chi connectivity index (χ2n) is 2.56. The van der Waals surface area contributed by atoms with Crippen molar-refractivity contribution in [1.29, 1.82) is 0 Å². The van der Waals surface area contributed by atoms with E-state index >= 15 is 0 Å². The fourth-order valence-electron chi connectivity index (χ4n) is 1.06. The molecule has 0 amide bonds. The first-order chi connectivity index (χ1) is 5.36. The molecule has 0 atom stereocenters. The SMILES string of the molecule is Cc1c[nH]c(-c2ccn[nH]2)c1. The second-order valence-corrected chi connectivity index (χ2v) is 2.56. The summed E-state index contributed by atoms with van der Waals surface area (Å²) in [6, 6.07) is 4.01. The van der Waals surface area contributed by atoms with Crippen LogP contribution in [-0.4, -0.2) is 15.2 Å². The Morgan fingerprint density at radius 2 is 2.27 bits per heavy atom. The monoisotopic (exact) mass is 147 g/mol. The maximum atomic E-state index is 3.86. The highest BCUT2D eigenvalue weighted by Gasteiger charge is 1.98. The van der Waals surface area contributed by atoms with Gasteiger partial charge >= 0.3 is 0 Å². The molecule has 2 heterocycles. The molecule has 0 aliphatic rings. The lowest BCUT2D eigenvalue weighted by molar-refractivity contribution is 1.09. The van der Waals surface area contributed by atoms with Gasteiger partial charge in [-0.3, -0.25) is 5.10 Å². The van der Waals surface area contributed by atoms with Crippen molar-refractivity contribution in [2.75, 3.05) is 0 Å². The van der Waals surface area contributed by atoms with E-state index in [0.29, 0.717) is 0 Å². The molecule has 2 aromatic rings. The van der Waals surface area contributed by atoms with E-state index in [4.69, 9.17) is 0 Å². The number of H-pyrrole nitrogens is 2. The van der Waals surface area contributed by atoms with Crippen LogP contribution in [0.5, 0.6) is 0 Å². The molecule has 0 aliphatic heterocycles. The zero-order chi connectivity index (χ0) is 7.68. The van der Waals surface area contributed by atoms with E-state index in [-0.39, 0.29) is 0 Å². The number of aromatic amines is 2. The third-order valence-electron chi connectivity index (χ3n) is 1.62. The first-order valence-electron chi connectivity index (χ1n) is 3.51. The van der Waals surface area contributed by atoms with E-state index in [1.807, 2.05) is 12.3 Å². The van der Waals surface area contributed by atoms with Crippen molar-refractivity contribution in [2.45, 2.75) is 6.92 Å². The lowest BCUT2D eigenvalue weighted by atomic mass is 10.3. The van der Waals surface area contributed by atoms with Gasteiger partial charge in [-0.1, -0.05) is 0 Å². The van der Waals surface area contributed by atoms with E-state index in [1.165, 1.54) is 5.56 Å². The van der Waals surface area contributed by atoms with Gasteiger partial charge < -0.3 is 4.98 Å². The molecule has 0 spiro atoms. The Morgan fingerprint density at radius 1 is 1.36 bits per heavy atom. The average Bonchev–Trinajstić information content (AvgIpc) is 2.55. The minimum atomic E-state index is 1.03. The first-order valence-corrected chi connectivity index (χ1v) is 3.51. The van der Waals surface area contributed by atoms with E-state index in [2.05, 4.69) is 28.2 Å². The van der Waals surface area contributed by atoms with E-state index in [0.717, 1.165) is 11.4 Å². The van der Waals surface area contributed by atoms with Gasteiger partial charge in [-0.15, -0.1) is 0 Å². The maximum Gasteiger partial charge on any atom is 0.0812 e. The highest BCUT2D eigenvalue weighted by atomic mass is 15.1. The summed E-state index contributed by atoms with van der Waals surface area (Å²) in [6.07, 6.45) is 3.71. The molecule has 0 fully saturated rings. The molecule has 2 N–H and O–H groups in total. The van der Waals surface area contributed by atoms with Crippen molar-refractivity contribution in [1.82, 2.24) is 15.2 Å². The van der Waals surface area contributed by atoms with Crippen LogP contribution in [0.3, 0.4) is 0 Å². The lowest BCUT2D eigenvalue weighted by Gasteiger charge is -1.87. The van der Waals surface area contributed by atoms with Crippen molar-refractivity contribution >= 4 is 0 Å². The molecule has 11 heavy (non-hydrogen) atoms. The molecule has 0 saturated carbocycles. The molecule has 2 rings (SSSR count). The summed E-state index contributed by atoms with van der Waals surface area (Å²) in [5.74, 6) is 0. The van der Waals surface area contributed by atoms with Gasteiger partial charge in [0.15, 0.2) is 0 Å². The fourth-order valence-corrected chi connectivity index (χ4v) is 1.06. The van der Waals surface area contributed by atoms with Crippen LogP contribution < -0.4 is 0 Å². The van der Waals surface area contributed by atoms with Gasteiger partial charge in [0.1, 0.15) is 0 Å². The van der Waals surface area contributed by atoms with Crippen LogP contribution in [0.1, 0.15) is 5.56 Å². The summed E-state index contributed by atoms with van der Waals surface area (Å²) >= 11 is 0. The van der Waals surface area contributed by atoms with Gasteiger partial charge in [-0.05, 0) is 24.6 Å². The van der Waals surface area contributed by atoms with Crippen LogP contribution in [0.25, 0.3) is 11.4 Å². The topological polar surface area (TPSA) is 44.5 Å². The number of hydrogen-bond acceptors (Lipinski definition) is 1. The maximum absolute atomic E-state index is 3.86. The van der Waals surface area contributed by atoms with Crippen LogP contribution >= 0.6 is 0 Å². The molecular formula is C8H9N3. The van der Waals surface area contributed by atoms with Crippen molar-refractivity contribution in [3.05, 3.63) is 30.1 Å². The highest BCUT2D eigenvalue weighted by molar-refractivity contribution is 5.54. The van der Waals surface area contributed by atoms with E-state index in [9.17, 15) is 0 Å². The van der Waals surface area contributed by atoms with Gasteiger partial charge in [0, 0.05) is 12.4 Å². The predicted molar refractivity (Wildman–Crippen MR) is 43.1 cm³/mol. The molecule has 0 aromatic carbocycles. The fraction of sp³-hybridized carbons (Fsp3) is 0.125. The largest absolute Gasteiger partial charge is 0.360 e. The smallest absolute Gasteiger partial charge is 0.0812 e. The molecule has 3 nitrogen and oxygen atoms in total.